The molecule has 0 unspecified atom stereocenters. The fourth-order valence-corrected chi connectivity index (χ4v) is 4.44. The number of nitrogens with zero attached hydrogens (tertiary/aromatic N) is 5. The Bertz CT molecular complexity index is 1490. The van der Waals surface area contributed by atoms with Gasteiger partial charge in [0.25, 0.3) is 11.5 Å². The highest BCUT2D eigenvalue weighted by atomic mass is 19.1. The lowest BCUT2D eigenvalue weighted by Crippen LogP contribution is -2.49. The number of hydrogen-bond acceptors (Lipinski definition) is 6. The van der Waals surface area contributed by atoms with Crippen LogP contribution in [0.5, 0.6) is 0 Å². The summed E-state index contributed by atoms with van der Waals surface area (Å²) in [7, 11) is 0. The molecule has 9 nitrogen and oxygen atoms in total. The summed E-state index contributed by atoms with van der Waals surface area (Å²) in [5, 5.41) is 24.9. The van der Waals surface area contributed by atoms with E-state index in [2.05, 4.69) is 10.1 Å². The maximum Gasteiger partial charge on any atom is 0.264 e. The molecule has 0 aliphatic carbocycles. The molecule has 2 aromatic carbocycles. The molecule has 1 amide bonds. The first-order valence-corrected chi connectivity index (χ1v) is 11.4. The van der Waals surface area contributed by atoms with Crippen LogP contribution in [-0.4, -0.2) is 59.0 Å². The minimum Gasteiger partial charge on any atom is -0.392 e. The number of halogens is 2. The van der Waals surface area contributed by atoms with Crippen molar-refractivity contribution < 1.29 is 23.8 Å². The van der Waals surface area contributed by atoms with Gasteiger partial charge in [-0.15, -0.1) is 0 Å². The molecule has 0 bridgehead atoms. The van der Waals surface area contributed by atoms with Gasteiger partial charge in [-0.1, -0.05) is 0 Å². The molecule has 2 N–H and O–H groups in total. The van der Waals surface area contributed by atoms with Crippen molar-refractivity contribution in [1.82, 2.24) is 24.2 Å². The van der Waals surface area contributed by atoms with Crippen LogP contribution in [0.3, 0.4) is 0 Å². The molecule has 5 rings (SSSR count). The molecule has 0 radical (unpaired) electrons. The van der Waals surface area contributed by atoms with Gasteiger partial charge in [0.2, 0.25) is 0 Å². The second-order valence-corrected chi connectivity index (χ2v) is 8.93. The number of aliphatic hydroxyl groups excluding tert-OH is 1. The van der Waals surface area contributed by atoms with Crippen LogP contribution in [0, 0.1) is 11.6 Å². The smallest absolute Gasteiger partial charge is 0.264 e. The Hall–Kier alpha value is -3.96. The molecular weight excluding hydrogens is 472 g/mol. The molecule has 1 saturated heterocycles. The van der Waals surface area contributed by atoms with Gasteiger partial charge in [0.1, 0.15) is 23.3 Å². The number of piperidine rings is 1. The second-order valence-electron chi connectivity index (χ2n) is 8.93. The quantitative estimate of drug-likeness (QED) is 0.438. The van der Waals surface area contributed by atoms with Crippen LogP contribution >= 0.6 is 0 Å². The highest BCUT2D eigenvalue weighted by molar-refractivity contribution is 5.94. The van der Waals surface area contributed by atoms with E-state index in [1.165, 1.54) is 64.2 Å². The monoisotopic (exact) mass is 495 g/mol. The lowest BCUT2D eigenvalue weighted by atomic mass is 9.91. The summed E-state index contributed by atoms with van der Waals surface area (Å²) in [4.78, 5) is 31.7. The van der Waals surface area contributed by atoms with Crippen molar-refractivity contribution in [3.05, 3.63) is 88.1 Å². The largest absolute Gasteiger partial charge is 0.392 e. The Morgan fingerprint density at radius 3 is 2.50 bits per heavy atom. The Balaban J connectivity index is 1.33. The van der Waals surface area contributed by atoms with Gasteiger partial charge in [0.05, 0.1) is 30.6 Å². The number of carbonyl (C=O) groups is 1. The van der Waals surface area contributed by atoms with Crippen molar-refractivity contribution in [1.29, 1.82) is 0 Å². The minimum absolute atomic E-state index is 0.0102. The van der Waals surface area contributed by atoms with Gasteiger partial charge < -0.3 is 15.1 Å². The second kappa shape index (κ2) is 9.25. The van der Waals surface area contributed by atoms with Gasteiger partial charge in [-0.3, -0.25) is 14.2 Å². The van der Waals surface area contributed by atoms with E-state index in [0.29, 0.717) is 11.3 Å². The highest BCUT2D eigenvalue weighted by Crippen LogP contribution is 2.25. The molecule has 1 fully saturated rings. The van der Waals surface area contributed by atoms with E-state index in [1.54, 1.807) is 4.90 Å². The van der Waals surface area contributed by atoms with Crippen LogP contribution in [0.25, 0.3) is 16.7 Å². The third-order valence-electron chi connectivity index (χ3n) is 6.54. The average Bonchev–Trinajstić information content (AvgIpc) is 3.31. The van der Waals surface area contributed by atoms with Crippen molar-refractivity contribution in [2.75, 3.05) is 13.1 Å². The summed E-state index contributed by atoms with van der Waals surface area (Å²) in [6.07, 6.45) is 3.19. The van der Waals surface area contributed by atoms with Crippen LogP contribution in [0.1, 0.15) is 28.8 Å². The maximum absolute atomic E-state index is 13.8. The average molecular weight is 495 g/mol. The van der Waals surface area contributed by atoms with Crippen molar-refractivity contribution in [3.8, 4) is 5.69 Å². The van der Waals surface area contributed by atoms with Gasteiger partial charge >= 0.3 is 0 Å². The molecule has 186 valence electrons. The molecule has 2 aromatic heterocycles. The Kier molecular flexibility index (Phi) is 6.10. The van der Waals surface area contributed by atoms with Gasteiger partial charge in [-0.25, -0.2) is 18.4 Å². The third-order valence-corrected chi connectivity index (χ3v) is 6.54. The number of fused-ring (bicyclic) bond motifs is 1. The fourth-order valence-electron chi connectivity index (χ4n) is 4.44. The Morgan fingerprint density at radius 1 is 1.08 bits per heavy atom. The molecule has 11 heteroatoms. The first kappa shape index (κ1) is 23.8. The number of aliphatic hydroxyl groups is 2. The predicted molar refractivity (Wildman–Crippen MR) is 125 cm³/mol. The SMILES string of the molecule is O=C(c1ccc(F)cc1)N1CCC(O)(Cn2cnc3c(cnn3-c3ccc(F)c(CO)c3)c2=O)CC1. The van der Waals surface area contributed by atoms with Crippen LogP contribution in [-0.2, 0) is 13.2 Å². The maximum atomic E-state index is 13.8. The lowest BCUT2D eigenvalue weighted by molar-refractivity contribution is -0.0299. The van der Waals surface area contributed by atoms with Crippen molar-refractivity contribution in [3.63, 3.8) is 0 Å². The predicted octanol–water partition coefficient (Wildman–Crippen LogP) is 2.02. The number of hydrogen-bond donors (Lipinski definition) is 2. The molecular formula is C25H23F2N5O4. The number of amides is 1. The molecule has 3 heterocycles. The standard InChI is InChI=1S/C25H23F2N5O4/c26-18-3-1-16(2-4-18)23(34)30-9-7-25(36,8-10-30)14-31-15-28-22-20(24(31)35)12-29-32(22)19-5-6-21(27)17(11-19)13-33/h1-6,11-12,15,33,36H,7-10,13-14H2. The highest BCUT2D eigenvalue weighted by Gasteiger charge is 2.35. The Morgan fingerprint density at radius 2 is 1.81 bits per heavy atom. The van der Waals surface area contributed by atoms with Crippen molar-refractivity contribution in [2.45, 2.75) is 31.6 Å². The van der Waals surface area contributed by atoms with E-state index in [1.807, 2.05) is 0 Å². The summed E-state index contributed by atoms with van der Waals surface area (Å²) in [6, 6.07) is 9.42. The molecule has 1 aliphatic heterocycles. The van der Waals surface area contributed by atoms with E-state index >= 15 is 0 Å². The van der Waals surface area contributed by atoms with Crippen LogP contribution in [0.2, 0.25) is 0 Å². The normalized spacial score (nSPS) is 15.4. The zero-order valence-electron chi connectivity index (χ0n) is 19.1. The van der Waals surface area contributed by atoms with Gasteiger partial charge in [-0.05, 0) is 55.3 Å². The van der Waals surface area contributed by atoms with E-state index in [4.69, 9.17) is 0 Å². The van der Waals surface area contributed by atoms with E-state index < -0.39 is 29.4 Å². The first-order chi connectivity index (χ1) is 17.3. The van der Waals surface area contributed by atoms with E-state index in [0.717, 1.165) is 0 Å². The van der Waals surface area contributed by atoms with Gasteiger partial charge in [-0.2, -0.15) is 5.10 Å². The zero-order chi connectivity index (χ0) is 25.4. The molecule has 0 spiro atoms. The van der Waals surface area contributed by atoms with Gasteiger partial charge in [0, 0.05) is 24.2 Å². The number of aromatic nitrogens is 4. The fraction of sp³-hybridized carbons (Fsp3) is 0.280. The molecule has 4 aromatic rings. The number of rotatable bonds is 5. The van der Waals surface area contributed by atoms with Crippen molar-refractivity contribution in [2.24, 2.45) is 0 Å². The zero-order valence-corrected chi connectivity index (χ0v) is 19.1. The summed E-state index contributed by atoms with van der Waals surface area (Å²) < 4.78 is 29.6. The van der Waals surface area contributed by atoms with Gasteiger partial charge in [0.15, 0.2) is 5.65 Å². The number of likely N-dealkylation sites (tertiary alicyclic amines) is 1. The van der Waals surface area contributed by atoms with Crippen LogP contribution < -0.4 is 5.56 Å². The minimum atomic E-state index is -1.22. The molecule has 36 heavy (non-hydrogen) atoms. The Labute approximate surface area is 203 Å². The molecule has 0 atom stereocenters. The van der Waals surface area contributed by atoms with Crippen LogP contribution in [0.4, 0.5) is 8.78 Å². The summed E-state index contributed by atoms with van der Waals surface area (Å²) >= 11 is 0. The topological polar surface area (TPSA) is 113 Å². The molecule has 1 aliphatic rings. The van der Waals surface area contributed by atoms with E-state index in [9.17, 15) is 28.6 Å². The summed E-state index contributed by atoms with van der Waals surface area (Å²) in [6.45, 7) is 0.0774. The van der Waals surface area contributed by atoms with E-state index in [-0.39, 0.29) is 55.0 Å². The van der Waals surface area contributed by atoms with Crippen molar-refractivity contribution >= 4 is 16.9 Å². The summed E-state index contributed by atoms with van der Waals surface area (Å²) in [5.74, 6) is -1.21. The summed E-state index contributed by atoms with van der Waals surface area (Å²) in [5.41, 5.74) is -0.445. The van der Waals surface area contributed by atoms with Crippen LogP contribution in [0.15, 0.2) is 59.8 Å². The number of benzene rings is 2. The molecule has 0 saturated carbocycles. The third kappa shape index (κ3) is 4.38. The lowest BCUT2D eigenvalue weighted by Gasteiger charge is -2.38. The first-order valence-electron chi connectivity index (χ1n) is 11.4. The number of carbonyl (C=O) groups excluding carboxylic acids is 1.